The van der Waals surface area contributed by atoms with Crippen molar-refractivity contribution in [1.82, 2.24) is 30.4 Å². The summed E-state index contributed by atoms with van der Waals surface area (Å²) in [6.07, 6.45) is 6.54. The lowest BCUT2D eigenvalue weighted by Crippen LogP contribution is -2.47. The molecule has 2 aliphatic rings. The highest BCUT2D eigenvalue weighted by atomic mass is 16.7. The van der Waals surface area contributed by atoms with E-state index in [4.69, 9.17) is 23.4 Å². The number of aromatic nitrogens is 4. The number of carbonyl (C=O) groups is 2. The van der Waals surface area contributed by atoms with E-state index in [1.165, 1.54) is 16.0 Å². The normalized spacial score (nSPS) is 15.0. The topological polar surface area (TPSA) is 143 Å². The summed E-state index contributed by atoms with van der Waals surface area (Å²) < 4.78 is 27.5. The highest BCUT2D eigenvalue weighted by Crippen LogP contribution is 2.34. The van der Waals surface area contributed by atoms with Crippen molar-refractivity contribution in [3.05, 3.63) is 66.1 Å². The number of amides is 2. The number of furan rings is 1. The predicted molar refractivity (Wildman–Crippen MR) is 156 cm³/mol. The van der Waals surface area contributed by atoms with E-state index in [2.05, 4.69) is 20.7 Å². The number of fused-ring (bicyclic) bond motifs is 1. The number of tetrazole rings is 1. The summed E-state index contributed by atoms with van der Waals surface area (Å²) in [6.45, 7) is -0.0461. The van der Waals surface area contributed by atoms with Gasteiger partial charge in [-0.25, -0.2) is 0 Å². The number of hydrogen-bond acceptors (Lipinski definition) is 10. The first-order chi connectivity index (χ1) is 21.5. The molecule has 0 unspecified atom stereocenters. The van der Waals surface area contributed by atoms with Gasteiger partial charge in [-0.3, -0.25) is 9.59 Å². The second-order valence-electron chi connectivity index (χ2n) is 10.7. The molecular weight excluding hydrogens is 568 g/mol. The Morgan fingerprint density at radius 2 is 1.84 bits per heavy atom. The molecule has 44 heavy (non-hydrogen) atoms. The van der Waals surface area contributed by atoms with Crippen LogP contribution in [-0.4, -0.2) is 64.0 Å². The molecule has 13 nitrogen and oxygen atoms in total. The Kier molecular flexibility index (Phi) is 8.62. The zero-order valence-corrected chi connectivity index (χ0v) is 24.6. The van der Waals surface area contributed by atoms with Crippen LogP contribution in [-0.2, 0) is 22.7 Å². The molecular formula is C31H34N6O7. The Labute approximate surface area is 254 Å². The van der Waals surface area contributed by atoms with Crippen LogP contribution in [0.15, 0.2) is 59.2 Å². The number of nitrogens with one attached hydrogen (secondary N) is 1. The minimum Gasteiger partial charge on any atom is -0.493 e. The fourth-order valence-corrected chi connectivity index (χ4v) is 5.57. The third-order valence-corrected chi connectivity index (χ3v) is 7.81. The van der Waals surface area contributed by atoms with Crippen LogP contribution in [0, 0.1) is 0 Å². The molecule has 1 N–H and O–H groups in total. The van der Waals surface area contributed by atoms with Gasteiger partial charge >= 0.3 is 0 Å². The summed E-state index contributed by atoms with van der Waals surface area (Å²) in [4.78, 5) is 30.7. The Morgan fingerprint density at radius 3 is 2.61 bits per heavy atom. The number of methoxy groups -OCH3 is 2. The van der Waals surface area contributed by atoms with Gasteiger partial charge in [0, 0.05) is 18.2 Å². The maximum atomic E-state index is 14.1. The molecule has 0 bridgehead atoms. The van der Waals surface area contributed by atoms with E-state index < -0.39 is 11.9 Å². The molecule has 2 aromatic heterocycles. The van der Waals surface area contributed by atoms with E-state index in [0.717, 1.165) is 37.7 Å². The molecule has 1 atom stereocenters. The lowest BCUT2D eigenvalue weighted by Gasteiger charge is -2.32. The standard InChI is InChI=1S/C31H34N6O7/c1-40-23-13-11-21(16-26(23)41-2)30-33-35-37(34-30)18-28(38)36(17-20-10-12-24-27(15-20)44-19-43-24)29(25-9-6-14-42-25)31(39)32-22-7-4-3-5-8-22/h6,9-16,22,29H,3-5,7-8,17-19H2,1-2H3,(H,32,39)/t29-/m0/s1. The molecule has 1 saturated carbocycles. The predicted octanol–water partition coefficient (Wildman–Crippen LogP) is 3.90. The summed E-state index contributed by atoms with van der Waals surface area (Å²) in [5.41, 5.74) is 1.39. The summed E-state index contributed by atoms with van der Waals surface area (Å²) >= 11 is 0. The molecule has 1 aliphatic heterocycles. The molecule has 4 aromatic rings. The third-order valence-electron chi connectivity index (χ3n) is 7.81. The SMILES string of the molecule is COc1ccc(-c2nnn(CC(=O)N(Cc3ccc4c(c3)OCO4)[C@H](C(=O)NC3CCCCC3)c3ccco3)n2)cc1OC. The first-order valence-electron chi connectivity index (χ1n) is 14.5. The van der Waals surface area contributed by atoms with Gasteiger partial charge in [-0.1, -0.05) is 25.3 Å². The van der Waals surface area contributed by atoms with Crippen LogP contribution in [0.1, 0.15) is 49.5 Å². The Balaban J connectivity index is 1.29. The summed E-state index contributed by atoms with van der Waals surface area (Å²) in [5.74, 6) is 2.22. The Hall–Kier alpha value is -5.07. The number of ether oxygens (including phenoxy) is 4. The number of benzene rings is 2. The quantitative estimate of drug-likeness (QED) is 0.269. The average Bonchev–Trinajstić information content (AvgIpc) is 3.84. The van der Waals surface area contributed by atoms with Crippen LogP contribution in [0.4, 0.5) is 0 Å². The van der Waals surface area contributed by atoms with Gasteiger partial charge in [0.1, 0.15) is 12.3 Å². The molecule has 0 spiro atoms. The highest BCUT2D eigenvalue weighted by Gasteiger charge is 2.35. The van der Waals surface area contributed by atoms with E-state index in [9.17, 15) is 9.59 Å². The van der Waals surface area contributed by atoms with Crippen LogP contribution in [0.5, 0.6) is 23.0 Å². The molecule has 0 radical (unpaired) electrons. The molecule has 13 heteroatoms. The van der Waals surface area contributed by atoms with Crippen LogP contribution >= 0.6 is 0 Å². The monoisotopic (exact) mass is 602 g/mol. The molecule has 1 fully saturated rings. The summed E-state index contributed by atoms with van der Waals surface area (Å²) in [7, 11) is 3.09. The van der Waals surface area contributed by atoms with E-state index in [1.807, 2.05) is 12.1 Å². The lowest BCUT2D eigenvalue weighted by molar-refractivity contribution is -0.143. The maximum absolute atomic E-state index is 14.1. The number of nitrogens with zero attached hydrogens (tertiary/aromatic N) is 5. The largest absolute Gasteiger partial charge is 0.493 e. The van der Waals surface area contributed by atoms with Crippen molar-refractivity contribution in [2.75, 3.05) is 21.0 Å². The van der Waals surface area contributed by atoms with Crippen LogP contribution in [0.3, 0.4) is 0 Å². The first-order valence-corrected chi connectivity index (χ1v) is 14.5. The van der Waals surface area contributed by atoms with Crippen LogP contribution in [0.25, 0.3) is 11.4 Å². The van der Waals surface area contributed by atoms with Gasteiger partial charge in [0.05, 0.1) is 20.5 Å². The van der Waals surface area contributed by atoms with Crippen LogP contribution < -0.4 is 24.3 Å². The zero-order chi connectivity index (χ0) is 30.5. The van der Waals surface area contributed by atoms with E-state index in [-0.39, 0.29) is 31.8 Å². The lowest BCUT2D eigenvalue weighted by atomic mass is 9.95. The van der Waals surface area contributed by atoms with Gasteiger partial charge in [0.25, 0.3) is 5.91 Å². The van der Waals surface area contributed by atoms with Gasteiger partial charge in [0.15, 0.2) is 29.0 Å². The van der Waals surface area contributed by atoms with E-state index in [1.54, 1.807) is 50.6 Å². The molecule has 230 valence electrons. The van der Waals surface area contributed by atoms with Crippen molar-refractivity contribution in [1.29, 1.82) is 0 Å². The van der Waals surface area contributed by atoms with Crippen molar-refractivity contribution < 1.29 is 33.0 Å². The van der Waals surface area contributed by atoms with Gasteiger partial charge in [0.2, 0.25) is 18.5 Å². The van der Waals surface area contributed by atoms with E-state index in [0.29, 0.717) is 40.1 Å². The molecule has 0 saturated heterocycles. The second-order valence-corrected chi connectivity index (χ2v) is 10.7. The first kappa shape index (κ1) is 29.0. The number of rotatable bonds is 11. The van der Waals surface area contributed by atoms with Crippen molar-refractivity contribution >= 4 is 11.8 Å². The fourth-order valence-electron chi connectivity index (χ4n) is 5.57. The fraction of sp³-hybridized carbons (Fsp3) is 0.387. The average molecular weight is 603 g/mol. The molecule has 3 heterocycles. The maximum Gasteiger partial charge on any atom is 0.250 e. The third kappa shape index (κ3) is 6.31. The van der Waals surface area contributed by atoms with Crippen molar-refractivity contribution in [3.63, 3.8) is 0 Å². The number of carbonyl (C=O) groups excluding carboxylic acids is 2. The van der Waals surface area contributed by atoms with Gasteiger partial charge < -0.3 is 33.6 Å². The highest BCUT2D eigenvalue weighted by molar-refractivity contribution is 5.88. The molecule has 2 amide bonds. The minimum atomic E-state index is -1.03. The zero-order valence-electron chi connectivity index (χ0n) is 24.6. The van der Waals surface area contributed by atoms with Crippen molar-refractivity contribution in [3.8, 4) is 34.4 Å². The Bertz CT molecular complexity index is 1600. The van der Waals surface area contributed by atoms with Gasteiger partial charge in [-0.05, 0) is 66.1 Å². The smallest absolute Gasteiger partial charge is 0.250 e. The molecule has 6 rings (SSSR count). The van der Waals surface area contributed by atoms with Gasteiger partial charge in [-0.2, -0.15) is 4.80 Å². The van der Waals surface area contributed by atoms with Crippen LogP contribution in [0.2, 0.25) is 0 Å². The summed E-state index contributed by atoms with van der Waals surface area (Å²) in [5, 5.41) is 15.9. The minimum absolute atomic E-state index is 0.0391. The van der Waals surface area contributed by atoms with E-state index >= 15 is 0 Å². The number of hydrogen-bond donors (Lipinski definition) is 1. The summed E-state index contributed by atoms with van der Waals surface area (Å²) in [6, 6.07) is 13.1. The molecule has 2 aromatic carbocycles. The van der Waals surface area contributed by atoms with Crippen molar-refractivity contribution in [2.45, 2.75) is 57.3 Å². The second kappa shape index (κ2) is 13.1. The Morgan fingerprint density at radius 1 is 1.02 bits per heavy atom. The van der Waals surface area contributed by atoms with Crippen molar-refractivity contribution in [2.24, 2.45) is 0 Å². The molecule has 1 aliphatic carbocycles. The van der Waals surface area contributed by atoms with Gasteiger partial charge in [-0.15, -0.1) is 10.2 Å².